The van der Waals surface area contributed by atoms with E-state index in [1.54, 1.807) is 6.07 Å². The number of aliphatic hydroxyl groups is 1. The number of para-hydroxylation sites is 1. The summed E-state index contributed by atoms with van der Waals surface area (Å²) in [6.45, 7) is 7.79. The molecule has 0 radical (unpaired) electrons. The molecule has 20 heavy (non-hydrogen) atoms. The molecular weight excluding hydrogens is 254 g/mol. The van der Waals surface area contributed by atoms with Gasteiger partial charge in [0.05, 0.1) is 17.7 Å². The molecule has 4 heteroatoms. The number of aliphatic hydroxyl groups excluding tert-OH is 1. The number of benzene rings is 1. The summed E-state index contributed by atoms with van der Waals surface area (Å²) in [7, 11) is 0. The number of amides is 1. The highest BCUT2D eigenvalue weighted by atomic mass is 16.5. The molecule has 1 amide bonds. The van der Waals surface area contributed by atoms with Gasteiger partial charge in [0.1, 0.15) is 11.9 Å². The van der Waals surface area contributed by atoms with Gasteiger partial charge in [0, 0.05) is 11.5 Å². The van der Waals surface area contributed by atoms with Crippen molar-refractivity contribution in [2.24, 2.45) is 0 Å². The average Bonchev–Trinajstić information content (AvgIpc) is 2.74. The fourth-order valence-electron chi connectivity index (χ4n) is 2.35. The first kappa shape index (κ1) is 14.9. The van der Waals surface area contributed by atoms with Crippen molar-refractivity contribution in [3.05, 3.63) is 29.3 Å². The Labute approximate surface area is 120 Å². The van der Waals surface area contributed by atoms with E-state index in [-0.39, 0.29) is 24.5 Å². The fourth-order valence-corrected chi connectivity index (χ4v) is 2.35. The van der Waals surface area contributed by atoms with Gasteiger partial charge >= 0.3 is 0 Å². The maximum absolute atomic E-state index is 12.4. The van der Waals surface area contributed by atoms with E-state index in [4.69, 9.17) is 4.74 Å². The lowest BCUT2D eigenvalue weighted by molar-refractivity contribution is 0.0842. The van der Waals surface area contributed by atoms with Gasteiger partial charge in [0.2, 0.25) is 0 Å². The van der Waals surface area contributed by atoms with Crippen LogP contribution in [0.4, 0.5) is 0 Å². The molecule has 4 nitrogen and oxygen atoms in total. The number of rotatable bonds is 4. The molecular formula is C16H23NO3. The van der Waals surface area contributed by atoms with Crippen molar-refractivity contribution >= 4 is 5.91 Å². The summed E-state index contributed by atoms with van der Waals surface area (Å²) in [5.41, 5.74) is 1.02. The highest BCUT2D eigenvalue weighted by Crippen LogP contribution is 2.40. The van der Waals surface area contributed by atoms with Crippen LogP contribution in [0.25, 0.3) is 0 Å². The predicted molar refractivity (Wildman–Crippen MR) is 78.2 cm³/mol. The van der Waals surface area contributed by atoms with Crippen LogP contribution in [0, 0.1) is 0 Å². The Morgan fingerprint density at radius 3 is 2.75 bits per heavy atom. The second-order valence-electron chi connectivity index (χ2n) is 5.86. The van der Waals surface area contributed by atoms with Crippen LogP contribution in [0.15, 0.2) is 18.2 Å². The van der Waals surface area contributed by atoms with Gasteiger partial charge in [-0.2, -0.15) is 0 Å². The molecule has 1 aliphatic heterocycles. The molecule has 3 atom stereocenters. The van der Waals surface area contributed by atoms with Crippen molar-refractivity contribution in [3.8, 4) is 5.75 Å². The summed E-state index contributed by atoms with van der Waals surface area (Å²) < 4.78 is 5.83. The summed E-state index contributed by atoms with van der Waals surface area (Å²) in [5.74, 6) is 0.774. The first-order valence-electron chi connectivity index (χ1n) is 7.15. The van der Waals surface area contributed by atoms with E-state index < -0.39 is 5.54 Å². The van der Waals surface area contributed by atoms with Gasteiger partial charge < -0.3 is 15.2 Å². The molecule has 0 aliphatic carbocycles. The number of carbonyl (C=O) groups excluding carboxylic acids is 1. The Kier molecular flexibility index (Phi) is 4.04. The van der Waals surface area contributed by atoms with Gasteiger partial charge in [-0.3, -0.25) is 4.79 Å². The van der Waals surface area contributed by atoms with E-state index in [1.165, 1.54) is 0 Å². The van der Waals surface area contributed by atoms with E-state index in [9.17, 15) is 9.90 Å². The standard InChI is InChI=1S/C16H23NO3/c1-5-16(4,9-18)17-15(19)13-8-6-7-12-10(2)11(3)20-14(12)13/h6-8,10-11,18H,5,9H2,1-4H3,(H,17,19). The second kappa shape index (κ2) is 5.44. The molecule has 1 aromatic rings. The van der Waals surface area contributed by atoms with Crippen LogP contribution >= 0.6 is 0 Å². The quantitative estimate of drug-likeness (QED) is 0.889. The van der Waals surface area contributed by atoms with Crippen LogP contribution in [0.5, 0.6) is 5.75 Å². The van der Waals surface area contributed by atoms with Crippen LogP contribution < -0.4 is 10.1 Å². The minimum Gasteiger partial charge on any atom is -0.489 e. The van der Waals surface area contributed by atoms with Gasteiger partial charge in [-0.15, -0.1) is 0 Å². The van der Waals surface area contributed by atoms with Crippen molar-refractivity contribution < 1.29 is 14.6 Å². The Hall–Kier alpha value is -1.55. The third-order valence-corrected chi connectivity index (χ3v) is 4.33. The van der Waals surface area contributed by atoms with Gasteiger partial charge in [0.15, 0.2) is 0 Å². The fraction of sp³-hybridized carbons (Fsp3) is 0.562. The summed E-state index contributed by atoms with van der Waals surface area (Å²) in [6, 6.07) is 5.66. The first-order chi connectivity index (χ1) is 9.41. The molecule has 0 aromatic heterocycles. The van der Waals surface area contributed by atoms with Crippen molar-refractivity contribution in [3.63, 3.8) is 0 Å². The molecule has 3 unspecified atom stereocenters. The number of hydrogen-bond acceptors (Lipinski definition) is 3. The monoisotopic (exact) mass is 277 g/mol. The summed E-state index contributed by atoms with van der Waals surface area (Å²) in [5, 5.41) is 12.3. The predicted octanol–water partition coefficient (Wildman–Crippen LogP) is 2.46. The highest BCUT2D eigenvalue weighted by molar-refractivity contribution is 5.98. The number of carbonyl (C=O) groups is 1. The van der Waals surface area contributed by atoms with Gasteiger partial charge in [-0.05, 0) is 26.3 Å². The lowest BCUT2D eigenvalue weighted by Crippen LogP contribution is -2.48. The van der Waals surface area contributed by atoms with Crippen molar-refractivity contribution in [1.82, 2.24) is 5.32 Å². The van der Waals surface area contributed by atoms with Crippen molar-refractivity contribution in [1.29, 1.82) is 0 Å². The second-order valence-corrected chi connectivity index (χ2v) is 5.86. The topological polar surface area (TPSA) is 58.6 Å². The molecule has 0 saturated carbocycles. The minimum atomic E-state index is -0.602. The normalized spacial score (nSPS) is 23.6. The van der Waals surface area contributed by atoms with E-state index in [0.717, 1.165) is 5.56 Å². The molecule has 0 saturated heterocycles. The Bertz CT molecular complexity index is 508. The zero-order valence-corrected chi connectivity index (χ0v) is 12.6. The molecule has 1 aliphatic rings. The summed E-state index contributed by atoms with van der Waals surface area (Å²) >= 11 is 0. The maximum Gasteiger partial charge on any atom is 0.255 e. The van der Waals surface area contributed by atoms with Crippen molar-refractivity contribution in [2.75, 3.05) is 6.61 Å². The number of ether oxygens (including phenoxy) is 1. The summed E-state index contributed by atoms with van der Waals surface area (Å²) in [4.78, 5) is 12.4. The zero-order valence-electron chi connectivity index (χ0n) is 12.6. The number of hydrogen-bond donors (Lipinski definition) is 2. The van der Waals surface area contributed by atoms with Crippen molar-refractivity contribution in [2.45, 2.75) is 51.7 Å². The minimum absolute atomic E-state index is 0.0781. The number of nitrogens with one attached hydrogen (secondary N) is 1. The van der Waals surface area contributed by atoms with E-state index in [2.05, 4.69) is 12.2 Å². The average molecular weight is 277 g/mol. The molecule has 110 valence electrons. The van der Waals surface area contributed by atoms with Gasteiger partial charge in [-0.1, -0.05) is 26.0 Å². The van der Waals surface area contributed by atoms with Crippen LogP contribution in [-0.2, 0) is 0 Å². The third-order valence-electron chi connectivity index (χ3n) is 4.33. The molecule has 2 rings (SSSR count). The third kappa shape index (κ3) is 2.52. The van der Waals surface area contributed by atoms with Crippen LogP contribution in [0.2, 0.25) is 0 Å². The van der Waals surface area contributed by atoms with E-state index >= 15 is 0 Å². The lowest BCUT2D eigenvalue weighted by atomic mass is 9.95. The lowest BCUT2D eigenvalue weighted by Gasteiger charge is -2.27. The van der Waals surface area contributed by atoms with Gasteiger partial charge in [0.25, 0.3) is 5.91 Å². The van der Waals surface area contributed by atoms with E-state index in [0.29, 0.717) is 17.7 Å². The molecule has 0 spiro atoms. The Morgan fingerprint density at radius 1 is 1.45 bits per heavy atom. The van der Waals surface area contributed by atoms with E-state index in [1.807, 2.05) is 32.9 Å². The molecule has 1 heterocycles. The Balaban J connectivity index is 2.29. The maximum atomic E-state index is 12.4. The van der Waals surface area contributed by atoms with Crippen LogP contribution in [0.1, 0.15) is 56.0 Å². The number of fused-ring (bicyclic) bond motifs is 1. The largest absolute Gasteiger partial charge is 0.489 e. The summed E-state index contributed by atoms with van der Waals surface area (Å²) in [6.07, 6.45) is 0.743. The molecule has 0 fully saturated rings. The zero-order chi connectivity index (χ0) is 14.9. The molecule has 1 aromatic carbocycles. The first-order valence-corrected chi connectivity index (χ1v) is 7.15. The SMILES string of the molecule is CCC(C)(CO)NC(=O)c1cccc2c1OC(C)C2C. The smallest absolute Gasteiger partial charge is 0.255 e. The van der Waals surface area contributed by atoms with Crippen LogP contribution in [0.3, 0.4) is 0 Å². The van der Waals surface area contributed by atoms with Gasteiger partial charge in [-0.25, -0.2) is 0 Å². The Morgan fingerprint density at radius 2 is 2.15 bits per heavy atom. The molecule has 2 N–H and O–H groups in total. The van der Waals surface area contributed by atoms with Crippen LogP contribution in [-0.4, -0.2) is 29.3 Å². The highest BCUT2D eigenvalue weighted by Gasteiger charge is 2.32. The molecule has 0 bridgehead atoms.